The summed E-state index contributed by atoms with van der Waals surface area (Å²) < 4.78 is 0. The number of rotatable bonds is 7. The van der Waals surface area contributed by atoms with Gasteiger partial charge in [0, 0.05) is 16.2 Å². The van der Waals surface area contributed by atoms with E-state index in [9.17, 15) is 4.79 Å². The summed E-state index contributed by atoms with van der Waals surface area (Å²) in [5.41, 5.74) is 4.33. The Morgan fingerprint density at radius 3 is 2.22 bits per heavy atom. The molecule has 0 aliphatic rings. The van der Waals surface area contributed by atoms with Crippen LogP contribution in [0.15, 0.2) is 83.8 Å². The van der Waals surface area contributed by atoms with Crippen LogP contribution in [0, 0.1) is 6.92 Å². The van der Waals surface area contributed by atoms with E-state index >= 15 is 0 Å². The third-order valence-corrected chi connectivity index (χ3v) is 5.64. The molecule has 3 rings (SSSR count). The fourth-order valence-electron chi connectivity index (χ4n) is 2.90. The Bertz CT molecular complexity index is 857. The summed E-state index contributed by atoms with van der Waals surface area (Å²) in [6.07, 6.45) is 0.862. The number of hydrogen-bond acceptors (Lipinski definition) is 2. The van der Waals surface area contributed by atoms with E-state index < -0.39 is 0 Å². The second-order valence-corrected chi connectivity index (χ2v) is 7.69. The minimum atomic E-state index is -0.0246. The van der Waals surface area contributed by atoms with Gasteiger partial charge >= 0.3 is 0 Å². The van der Waals surface area contributed by atoms with E-state index in [1.807, 2.05) is 54.2 Å². The van der Waals surface area contributed by atoms with Crippen molar-refractivity contribution in [3.8, 4) is 0 Å². The molecule has 0 radical (unpaired) electrons. The molecule has 0 aromatic heterocycles. The quantitative estimate of drug-likeness (QED) is 0.500. The molecule has 0 saturated heterocycles. The van der Waals surface area contributed by atoms with Crippen LogP contribution in [0.4, 0.5) is 0 Å². The molecule has 3 heteroatoms. The van der Waals surface area contributed by atoms with Gasteiger partial charge in [-0.15, -0.1) is 11.8 Å². The Balaban J connectivity index is 1.59. The Morgan fingerprint density at radius 2 is 1.59 bits per heavy atom. The van der Waals surface area contributed by atoms with Gasteiger partial charge < -0.3 is 5.32 Å². The zero-order chi connectivity index (χ0) is 19.1. The third kappa shape index (κ3) is 5.48. The number of amides is 1. The first-order valence-electron chi connectivity index (χ1n) is 9.30. The zero-order valence-electron chi connectivity index (χ0n) is 15.8. The lowest BCUT2D eigenvalue weighted by atomic mass is 10.0. The van der Waals surface area contributed by atoms with E-state index in [0.717, 1.165) is 17.7 Å². The van der Waals surface area contributed by atoms with Crippen molar-refractivity contribution >= 4 is 17.7 Å². The average Bonchev–Trinajstić information content (AvgIpc) is 2.72. The third-order valence-electron chi connectivity index (χ3n) is 4.56. The SMILES string of the molecule is CC[C@H](NC(=O)c1ccc(CSc2ccc(C)cc2)cc1)c1ccccc1. The molecule has 0 bridgehead atoms. The first kappa shape index (κ1) is 19.2. The number of nitrogens with one attached hydrogen (secondary N) is 1. The maximum atomic E-state index is 12.6. The van der Waals surface area contributed by atoms with Gasteiger partial charge in [-0.05, 0) is 48.7 Å². The molecule has 0 aliphatic heterocycles. The molecule has 2 nitrogen and oxygen atoms in total. The molecule has 3 aromatic carbocycles. The minimum absolute atomic E-state index is 0.0246. The van der Waals surface area contributed by atoms with E-state index in [2.05, 4.69) is 55.6 Å². The predicted molar refractivity (Wildman–Crippen MR) is 114 cm³/mol. The second kappa shape index (κ2) is 9.43. The van der Waals surface area contributed by atoms with Gasteiger partial charge in [-0.2, -0.15) is 0 Å². The molecule has 0 unspecified atom stereocenters. The molecule has 0 aliphatic carbocycles. The second-order valence-electron chi connectivity index (χ2n) is 6.64. The van der Waals surface area contributed by atoms with Gasteiger partial charge in [0.2, 0.25) is 0 Å². The first-order valence-corrected chi connectivity index (χ1v) is 10.3. The standard InChI is InChI=1S/C24H25NOS/c1-3-23(20-7-5-4-6-8-20)25-24(26)21-13-11-19(12-14-21)17-27-22-15-9-18(2)10-16-22/h4-16,23H,3,17H2,1-2H3,(H,25,26)/t23-/m0/s1. The molecular formula is C24H25NOS. The summed E-state index contributed by atoms with van der Waals surface area (Å²) in [5.74, 6) is 0.871. The summed E-state index contributed by atoms with van der Waals surface area (Å²) in [7, 11) is 0. The van der Waals surface area contributed by atoms with E-state index in [0.29, 0.717) is 5.56 Å². The van der Waals surface area contributed by atoms with Crippen LogP contribution in [0.2, 0.25) is 0 Å². The lowest BCUT2D eigenvalue weighted by molar-refractivity contribution is 0.0935. The summed E-state index contributed by atoms with van der Waals surface area (Å²) in [6, 6.07) is 26.6. The number of hydrogen-bond donors (Lipinski definition) is 1. The highest BCUT2D eigenvalue weighted by Gasteiger charge is 2.13. The number of carbonyl (C=O) groups is 1. The molecule has 0 fully saturated rings. The van der Waals surface area contributed by atoms with Gasteiger partial charge in [0.1, 0.15) is 0 Å². The van der Waals surface area contributed by atoms with Crippen LogP contribution in [-0.2, 0) is 5.75 Å². The fraction of sp³-hybridized carbons (Fsp3) is 0.208. The normalized spacial score (nSPS) is 11.8. The topological polar surface area (TPSA) is 29.1 Å². The Hall–Kier alpha value is -2.52. The molecule has 0 spiro atoms. The number of aryl methyl sites for hydroxylation is 1. The van der Waals surface area contributed by atoms with Crippen molar-refractivity contribution < 1.29 is 4.79 Å². The van der Waals surface area contributed by atoms with Crippen LogP contribution in [0.1, 0.15) is 46.4 Å². The molecule has 1 atom stereocenters. The van der Waals surface area contributed by atoms with Crippen molar-refractivity contribution in [2.24, 2.45) is 0 Å². The maximum Gasteiger partial charge on any atom is 0.251 e. The number of thioether (sulfide) groups is 1. The van der Waals surface area contributed by atoms with Gasteiger partial charge in [-0.25, -0.2) is 0 Å². The highest BCUT2D eigenvalue weighted by molar-refractivity contribution is 7.98. The van der Waals surface area contributed by atoms with Crippen molar-refractivity contribution in [2.45, 2.75) is 37.0 Å². The Morgan fingerprint density at radius 1 is 0.926 bits per heavy atom. The van der Waals surface area contributed by atoms with Crippen LogP contribution in [-0.4, -0.2) is 5.91 Å². The summed E-state index contributed by atoms with van der Waals surface area (Å²) >= 11 is 1.81. The Labute approximate surface area is 166 Å². The Kier molecular flexibility index (Phi) is 6.72. The monoisotopic (exact) mass is 375 g/mol. The van der Waals surface area contributed by atoms with Gasteiger partial charge in [-0.1, -0.05) is 67.1 Å². The van der Waals surface area contributed by atoms with Crippen LogP contribution >= 0.6 is 11.8 Å². The average molecular weight is 376 g/mol. The minimum Gasteiger partial charge on any atom is -0.345 e. The largest absolute Gasteiger partial charge is 0.345 e. The molecule has 138 valence electrons. The van der Waals surface area contributed by atoms with Crippen LogP contribution in [0.3, 0.4) is 0 Å². The summed E-state index contributed by atoms with van der Waals surface area (Å²) in [5, 5.41) is 3.14. The molecule has 3 aromatic rings. The molecule has 1 N–H and O–H groups in total. The van der Waals surface area contributed by atoms with E-state index in [4.69, 9.17) is 0 Å². The van der Waals surface area contributed by atoms with Gasteiger partial charge in [-0.3, -0.25) is 4.79 Å². The van der Waals surface area contributed by atoms with Crippen LogP contribution in [0.5, 0.6) is 0 Å². The molecular weight excluding hydrogens is 350 g/mol. The molecule has 0 heterocycles. The van der Waals surface area contributed by atoms with E-state index in [1.165, 1.54) is 16.0 Å². The fourth-order valence-corrected chi connectivity index (χ4v) is 3.76. The predicted octanol–water partition coefficient (Wildman–Crippen LogP) is 6.17. The zero-order valence-corrected chi connectivity index (χ0v) is 16.6. The van der Waals surface area contributed by atoms with Crippen LogP contribution < -0.4 is 5.32 Å². The van der Waals surface area contributed by atoms with Crippen molar-refractivity contribution in [1.29, 1.82) is 0 Å². The van der Waals surface area contributed by atoms with Crippen molar-refractivity contribution in [3.63, 3.8) is 0 Å². The number of carbonyl (C=O) groups excluding carboxylic acids is 1. The van der Waals surface area contributed by atoms with Crippen LogP contribution in [0.25, 0.3) is 0 Å². The smallest absolute Gasteiger partial charge is 0.251 e. The van der Waals surface area contributed by atoms with E-state index in [-0.39, 0.29) is 11.9 Å². The number of benzene rings is 3. The highest BCUT2D eigenvalue weighted by atomic mass is 32.2. The molecule has 0 saturated carbocycles. The lowest BCUT2D eigenvalue weighted by Crippen LogP contribution is -2.28. The summed E-state index contributed by atoms with van der Waals surface area (Å²) in [4.78, 5) is 13.9. The van der Waals surface area contributed by atoms with E-state index in [1.54, 1.807) is 0 Å². The maximum absolute atomic E-state index is 12.6. The molecule has 27 heavy (non-hydrogen) atoms. The van der Waals surface area contributed by atoms with Gasteiger partial charge in [0.25, 0.3) is 5.91 Å². The van der Waals surface area contributed by atoms with Crippen molar-refractivity contribution in [3.05, 3.63) is 101 Å². The lowest BCUT2D eigenvalue weighted by Gasteiger charge is -2.17. The van der Waals surface area contributed by atoms with Gasteiger partial charge in [0.15, 0.2) is 0 Å². The first-order chi connectivity index (χ1) is 13.2. The van der Waals surface area contributed by atoms with Crippen molar-refractivity contribution in [2.75, 3.05) is 0 Å². The molecule has 1 amide bonds. The van der Waals surface area contributed by atoms with Crippen molar-refractivity contribution in [1.82, 2.24) is 5.32 Å². The summed E-state index contributed by atoms with van der Waals surface area (Å²) in [6.45, 7) is 4.18. The van der Waals surface area contributed by atoms with Gasteiger partial charge in [0.05, 0.1) is 6.04 Å². The highest BCUT2D eigenvalue weighted by Crippen LogP contribution is 2.23.